The fourth-order valence-electron chi connectivity index (χ4n) is 10.0. The monoisotopic (exact) mass is 751 g/mol. The highest BCUT2D eigenvalue weighted by atomic mass is 16.3. The van der Waals surface area contributed by atoms with Crippen LogP contribution in [0, 0.1) is 0 Å². The van der Waals surface area contributed by atoms with Gasteiger partial charge in [-0.2, -0.15) is 0 Å². The minimum atomic E-state index is -0.607. The molecule has 0 fully saturated rings. The predicted molar refractivity (Wildman–Crippen MR) is 246 cm³/mol. The second-order valence-corrected chi connectivity index (χ2v) is 15.6. The van der Waals surface area contributed by atoms with Crippen molar-refractivity contribution in [2.24, 2.45) is 0 Å². The molecular weight excluding hydrogens is 715 g/mol. The molecule has 0 atom stereocenters. The summed E-state index contributed by atoms with van der Waals surface area (Å²) in [4.78, 5) is 2.43. The average molecular weight is 752 g/mol. The fraction of sp³-hybridized carbons (Fsp3) is 0.0175. The lowest BCUT2D eigenvalue weighted by molar-refractivity contribution is 0.669. The third kappa shape index (κ3) is 4.93. The molecule has 0 N–H and O–H groups in total. The van der Waals surface area contributed by atoms with Gasteiger partial charge < -0.3 is 9.32 Å². The first kappa shape index (κ1) is 33.5. The lowest BCUT2D eigenvalue weighted by atomic mass is 9.67. The van der Waals surface area contributed by atoms with Gasteiger partial charge in [0.05, 0.1) is 16.8 Å². The van der Waals surface area contributed by atoms with Crippen LogP contribution in [0.3, 0.4) is 0 Å². The van der Waals surface area contributed by atoms with E-state index >= 15 is 0 Å². The molecule has 0 unspecified atom stereocenters. The van der Waals surface area contributed by atoms with E-state index in [-0.39, 0.29) is 0 Å². The van der Waals surface area contributed by atoms with Crippen molar-refractivity contribution in [1.82, 2.24) is 0 Å². The van der Waals surface area contributed by atoms with E-state index in [1.54, 1.807) is 0 Å². The molecule has 59 heavy (non-hydrogen) atoms. The van der Waals surface area contributed by atoms with E-state index in [0.717, 1.165) is 39.0 Å². The van der Waals surface area contributed by atoms with Crippen LogP contribution in [0.4, 0.5) is 17.1 Å². The summed E-state index contributed by atoms with van der Waals surface area (Å²) in [6.07, 6.45) is 0. The van der Waals surface area contributed by atoms with E-state index in [1.165, 1.54) is 66.1 Å². The lowest BCUT2D eigenvalue weighted by Crippen LogP contribution is -2.28. The molecule has 12 rings (SSSR count). The van der Waals surface area contributed by atoms with Crippen molar-refractivity contribution < 1.29 is 4.42 Å². The first-order chi connectivity index (χ1) is 29.3. The summed E-state index contributed by atoms with van der Waals surface area (Å²) in [5.74, 6) is 0. The molecule has 0 spiro atoms. The molecule has 2 heteroatoms. The highest BCUT2D eigenvalue weighted by Gasteiger charge is 2.48. The van der Waals surface area contributed by atoms with Crippen LogP contribution in [0.5, 0.6) is 0 Å². The van der Waals surface area contributed by atoms with Crippen LogP contribution in [0.1, 0.15) is 22.3 Å². The van der Waals surface area contributed by atoms with Crippen molar-refractivity contribution in [3.8, 4) is 22.3 Å². The molecule has 1 aliphatic rings. The Morgan fingerprint density at radius 1 is 0.356 bits per heavy atom. The summed E-state index contributed by atoms with van der Waals surface area (Å²) < 4.78 is 6.84. The van der Waals surface area contributed by atoms with Gasteiger partial charge in [-0.25, -0.2) is 0 Å². The van der Waals surface area contributed by atoms with E-state index < -0.39 is 5.41 Å². The van der Waals surface area contributed by atoms with Crippen LogP contribution in [-0.4, -0.2) is 0 Å². The minimum Gasteiger partial charge on any atom is -0.454 e. The Morgan fingerprint density at radius 2 is 0.915 bits per heavy atom. The van der Waals surface area contributed by atoms with E-state index in [4.69, 9.17) is 4.42 Å². The molecule has 10 aromatic carbocycles. The van der Waals surface area contributed by atoms with Crippen molar-refractivity contribution in [3.63, 3.8) is 0 Å². The van der Waals surface area contributed by atoms with Gasteiger partial charge in [-0.15, -0.1) is 0 Å². The number of benzene rings is 10. The molecule has 1 aromatic heterocycles. The smallest absolute Gasteiger partial charge is 0.159 e. The van der Waals surface area contributed by atoms with Gasteiger partial charge in [0.15, 0.2) is 5.58 Å². The molecule has 1 heterocycles. The Balaban J connectivity index is 1.23. The highest BCUT2D eigenvalue weighted by Crippen LogP contribution is 2.61. The molecular formula is C57H37NO. The number of anilines is 3. The maximum atomic E-state index is 6.84. The van der Waals surface area contributed by atoms with Gasteiger partial charge in [-0.1, -0.05) is 194 Å². The summed E-state index contributed by atoms with van der Waals surface area (Å²) in [6, 6.07) is 81.8. The van der Waals surface area contributed by atoms with E-state index in [2.05, 4.69) is 223 Å². The van der Waals surface area contributed by atoms with Crippen molar-refractivity contribution in [1.29, 1.82) is 0 Å². The van der Waals surface area contributed by atoms with Crippen LogP contribution < -0.4 is 4.90 Å². The number of hydrogen-bond donors (Lipinski definition) is 0. The summed E-state index contributed by atoms with van der Waals surface area (Å²) in [5.41, 5.74) is 14.2. The molecule has 0 bridgehead atoms. The van der Waals surface area contributed by atoms with Gasteiger partial charge in [0.2, 0.25) is 0 Å². The second kappa shape index (κ2) is 13.2. The molecule has 1 aliphatic carbocycles. The zero-order chi connectivity index (χ0) is 38.9. The van der Waals surface area contributed by atoms with Gasteiger partial charge in [0, 0.05) is 21.8 Å². The molecule has 0 saturated carbocycles. The predicted octanol–water partition coefficient (Wildman–Crippen LogP) is 15.4. The maximum Gasteiger partial charge on any atom is 0.159 e. The van der Waals surface area contributed by atoms with Gasteiger partial charge in [0.1, 0.15) is 5.58 Å². The quantitative estimate of drug-likeness (QED) is 0.168. The number of fused-ring (bicyclic) bond motifs is 10. The average Bonchev–Trinajstić information content (AvgIpc) is 3.85. The third-order valence-electron chi connectivity index (χ3n) is 12.5. The number of para-hydroxylation sites is 2. The Kier molecular flexibility index (Phi) is 7.48. The van der Waals surface area contributed by atoms with E-state index in [0.29, 0.717) is 0 Å². The van der Waals surface area contributed by atoms with Crippen LogP contribution in [-0.2, 0) is 5.41 Å². The fourth-order valence-corrected chi connectivity index (χ4v) is 10.0. The molecule has 0 saturated heterocycles. The van der Waals surface area contributed by atoms with E-state index in [1.807, 2.05) is 6.07 Å². The van der Waals surface area contributed by atoms with Crippen LogP contribution in [0.15, 0.2) is 229 Å². The van der Waals surface area contributed by atoms with Crippen molar-refractivity contribution in [2.75, 3.05) is 4.90 Å². The SMILES string of the molecule is c1ccc(-c2ccc(N(c3cc4c(c5ccccc35)-c3c(ccc5ccccc35)C4(c3ccccc3)c3ccccc3)c3cccc4c3oc3ccccc34)cc2)cc1. The minimum absolute atomic E-state index is 0.607. The standard InChI is InChI=1S/C57H37NO/c1-4-17-38(18-5-1)39-31-34-43(35-32-39)58(51-29-16-28-48-46-26-14-15-30-53(46)59-56(48)51)52-37-50-55(47-27-13-12-25-45(47)52)54-44-24-11-10-19-40(44)33-36-49(54)57(50,41-20-6-2-7-21-41)42-22-8-3-9-23-42/h1-37H. The third-order valence-corrected chi connectivity index (χ3v) is 12.5. The number of nitrogens with zero attached hydrogens (tertiary/aromatic N) is 1. The normalized spacial score (nSPS) is 12.9. The Labute approximate surface area is 342 Å². The van der Waals surface area contributed by atoms with Crippen LogP contribution in [0.25, 0.3) is 65.7 Å². The lowest BCUT2D eigenvalue weighted by Gasteiger charge is -2.35. The Hall–Kier alpha value is -7.68. The zero-order valence-electron chi connectivity index (χ0n) is 32.2. The molecule has 0 radical (unpaired) electrons. The zero-order valence-corrected chi connectivity index (χ0v) is 32.2. The number of rotatable bonds is 6. The van der Waals surface area contributed by atoms with Gasteiger partial charge in [-0.3, -0.25) is 0 Å². The number of hydrogen-bond acceptors (Lipinski definition) is 2. The van der Waals surface area contributed by atoms with Gasteiger partial charge in [0.25, 0.3) is 0 Å². The Morgan fingerprint density at radius 3 is 1.64 bits per heavy atom. The van der Waals surface area contributed by atoms with Crippen molar-refractivity contribution in [3.05, 3.63) is 247 Å². The summed E-state index contributed by atoms with van der Waals surface area (Å²) in [6.45, 7) is 0. The molecule has 11 aromatic rings. The Bertz CT molecular complexity index is 3330. The summed E-state index contributed by atoms with van der Waals surface area (Å²) in [7, 11) is 0. The summed E-state index contributed by atoms with van der Waals surface area (Å²) >= 11 is 0. The number of furan rings is 1. The molecule has 276 valence electrons. The first-order valence-corrected chi connectivity index (χ1v) is 20.3. The first-order valence-electron chi connectivity index (χ1n) is 20.3. The maximum absolute atomic E-state index is 6.84. The topological polar surface area (TPSA) is 16.4 Å². The second-order valence-electron chi connectivity index (χ2n) is 15.6. The van der Waals surface area contributed by atoms with Crippen LogP contribution >= 0.6 is 0 Å². The molecule has 2 nitrogen and oxygen atoms in total. The van der Waals surface area contributed by atoms with Crippen molar-refractivity contribution >= 4 is 60.5 Å². The van der Waals surface area contributed by atoms with Gasteiger partial charge in [-0.05, 0) is 91.0 Å². The summed E-state index contributed by atoms with van der Waals surface area (Å²) in [5, 5.41) is 7.09. The molecule has 0 aliphatic heterocycles. The van der Waals surface area contributed by atoms with Crippen LogP contribution in [0.2, 0.25) is 0 Å². The van der Waals surface area contributed by atoms with Crippen molar-refractivity contribution in [2.45, 2.75) is 5.41 Å². The largest absolute Gasteiger partial charge is 0.454 e. The molecule has 0 amide bonds. The van der Waals surface area contributed by atoms with Gasteiger partial charge >= 0.3 is 0 Å². The van der Waals surface area contributed by atoms with E-state index in [9.17, 15) is 0 Å². The highest BCUT2D eigenvalue weighted by molar-refractivity contribution is 6.17.